The van der Waals surface area contributed by atoms with Gasteiger partial charge in [0, 0.05) is 49.9 Å². The quantitative estimate of drug-likeness (QED) is 0.759. The zero-order chi connectivity index (χ0) is 19.3. The van der Waals surface area contributed by atoms with Crippen LogP contribution in [0.3, 0.4) is 0 Å². The van der Waals surface area contributed by atoms with Gasteiger partial charge in [0.15, 0.2) is 0 Å². The van der Waals surface area contributed by atoms with Crippen LogP contribution >= 0.6 is 0 Å². The van der Waals surface area contributed by atoms with Crippen LogP contribution < -0.4 is 10.2 Å². The molecule has 0 bridgehead atoms. The summed E-state index contributed by atoms with van der Waals surface area (Å²) >= 11 is 0. The van der Waals surface area contributed by atoms with Crippen molar-refractivity contribution < 1.29 is 4.79 Å². The molecule has 0 spiro atoms. The first-order valence-corrected chi connectivity index (χ1v) is 9.44. The van der Waals surface area contributed by atoms with Crippen LogP contribution in [0.15, 0.2) is 67.0 Å². The highest BCUT2D eigenvalue weighted by Crippen LogP contribution is 2.17. The van der Waals surface area contributed by atoms with Crippen LogP contribution in [0.2, 0.25) is 0 Å². The molecule has 1 aromatic heterocycles. The molecule has 0 atom stereocenters. The molecule has 2 aromatic carbocycles. The van der Waals surface area contributed by atoms with Gasteiger partial charge < -0.3 is 15.1 Å². The normalized spacial score (nSPS) is 14.0. The summed E-state index contributed by atoms with van der Waals surface area (Å²) in [5.41, 5.74) is 3.83. The Kier molecular flexibility index (Phi) is 5.19. The molecule has 1 fully saturated rings. The minimum atomic E-state index is -0.0189. The van der Waals surface area contributed by atoms with E-state index in [1.54, 1.807) is 12.4 Å². The highest BCUT2D eigenvalue weighted by Gasteiger charge is 2.22. The molecule has 2 heterocycles. The number of benzene rings is 2. The van der Waals surface area contributed by atoms with Gasteiger partial charge in [-0.3, -0.25) is 4.79 Å². The summed E-state index contributed by atoms with van der Waals surface area (Å²) in [5.74, 6) is 0.462. The SMILES string of the molecule is Cc1ccc(Nc2ncc(C(=O)N3CCN(c4ccccc4)CC3)cn2)cc1. The van der Waals surface area contributed by atoms with Gasteiger partial charge in [0.05, 0.1) is 5.56 Å². The zero-order valence-corrected chi connectivity index (χ0v) is 15.9. The van der Waals surface area contributed by atoms with Crippen molar-refractivity contribution in [2.45, 2.75) is 6.92 Å². The maximum absolute atomic E-state index is 12.8. The van der Waals surface area contributed by atoms with Crippen LogP contribution in [-0.4, -0.2) is 47.0 Å². The molecule has 1 amide bonds. The van der Waals surface area contributed by atoms with Crippen molar-refractivity contribution in [1.82, 2.24) is 14.9 Å². The lowest BCUT2D eigenvalue weighted by molar-refractivity contribution is 0.0746. The van der Waals surface area contributed by atoms with Gasteiger partial charge in [-0.25, -0.2) is 9.97 Å². The van der Waals surface area contributed by atoms with E-state index in [1.807, 2.05) is 54.3 Å². The minimum Gasteiger partial charge on any atom is -0.368 e. The van der Waals surface area contributed by atoms with Gasteiger partial charge in [0.1, 0.15) is 0 Å². The molecule has 1 N–H and O–H groups in total. The number of aryl methyl sites for hydroxylation is 1. The number of carbonyl (C=O) groups excluding carboxylic acids is 1. The third-order valence-electron chi connectivity index (χ3n) is 4.89. The van der Waals surface area contributed by atoms with E-state index in [9.17, 15) is 4.79 Å². The van der Waals surface area contributed by atoms with E-state index in [2.05, 4.69) is 32.3 Å². The van der Waals surface area contributed by atoms with Crippen LogP contribution in [0, 0.1) is 6.92 Å². The second-order valence-corrected chi connectivity index (χ2v) is 6.90. The first-order chi connectivity index (χ1) is 13.7. The Balaban J connectivity index is 1.35. The Morgan fingerprint density at radius 1 is 0.893 bits per heavy atom. The highest BCUT2D eigenvalue weighted by molar-refractivity contribution is 5.93. The molecule has 0 unspecified atom stereocenters. The Hall–Kier alpha value is -3.41. The van der Waals surface area contributed by atoms with Crippen LogP contribution in [0.4, 0.5) is 17.3 Å². The number of anilines is 3. The topological polar surface area (TPSA) is 61.4 Å². The molecule has 0 saturated carbocycles. The number of nitrogens with zero attached hydrogens (tertiary/aromatic N) is 4. The molecule has 6 nitrogen and oxygen atoms in total. The molecule has 4 rings (SSSR count). The first-order valence-electron chi connectivity index (χ1n) is 9.44. The van der Waals surface area contributed by atoms with Crippen LogP contribution in [0.25, 0.3) is 0 Å². The molecule has 142 valence electrons. The number of nitrogens with one attached hydrogen (secondary N) is 1. The highest BCUT2D eigenvalue weighted by atomic mass is 16.2. The van der Waals surface area contributed by atoms with Gasteiger partial charge >= 0.3 is 0 Å². The molecule has 0 aliphatic carbocycles. The summed E-state index contributed by atoms with van der Waals surface area (Å²) in [7, 11) is 0. The molecule has 0 radical (unpaired) electrons. The third kappa shape index (κ3) is 4.11. The predicted octanol–water partition coefficient (Wildman–Crippen LogP) is 3.49. The lowest BCUT2D eigenvalue weighted by Crippen LogP contribution is -2.48. The summed E-state index contributed by atoms with van der Waals surface area (Å²) in [6.45, 7) is 5.07. The number of piperazine rings is 1. The second-order valence-electron chi connectivity index (χ2n) is 6.90. The Morgan fingerprint density at radius 2 is 1.54 bits per heavy atom. The van der Waals surface area contributed by atoms with Gasteiger partial charge in [0.25, 0.3) is 5.91 Å². The third-order valence-corrected chi connectivity index (χ3v) is 4.89. The standard InChI is InChI=1S/C22H23N5O/c1-17-7-9-19(10-8-17)25-22-23-15-18(16-24-22)21(28)27-13-11-26(12-14-27)20-5-3-2-4-6-20/h2-10,15-16H,11-14H2,1H3,(H,23,24,25). The average Bonchev–Trinajstić information content (AvgIpc) is 2.76. The number of hydrogen-bond acceptors (Lipinski definition) is 5. The number of amides is 1. The van der Waals surface area contributed by atoms with E-state index in [0.29, 0.717) is 24.6 Å². The molecule has 28 heavy (non-hydrogen) atoms. The molecule has 3 aromatic rings. The first kappa shape index (κ1) is 18.0. The molecular weight excluding hydrogens is 350 g/mol. The summed E-state index contributed by atoms with van der Waals surface area (Å²) in [6.07, 6.45) is 3.19. The van der Waals surface area contributed by atoms with Crippen molar-refractivity contribution in [1.29, 1.82) is 0 Å². The predicted molar refractivity (Wildman–Crippen MR) is 111 cm³/mol. The minimum absolute atomic E-state index is 0.0189. The van der Waals surface area contributed by atoms with Crippen LogP contribution in [0.1, 0.15) is 15.9 Å². The summed E-state index contributed by atoms with van der Waals surface area (Å²) in [4.78, 5) is 25.5. The Morgan fingerprint density at radius 3 is 2.18 bits per heavy atom. The lowest BCUT2D eigenvalue weighted by Gasteiger charge is -2.36. The number of aromatic nitrogens is 2. The maximum atomic E-state index is 12.8. The molecule has 1 aliphatic heterocycles. The van der Waals surface area contributed by atoms with Gasteiger partial charge in [-0.05, 0) is 31.2 Å². The van der Waals surface area contributed by atoms with E-state index in [0.717, 1.165) is 18.8 Å². The smallest absolute Gasteiger partial charge is 0.257 e. The molecule has 1 saturated heterocycles. The Labute approximate surface area is 164 Å². The van der Waals surface area contributed by atoms with Crippen molar-refractivity contribution in [3.63, 3.8) is 0 Å². The van der Waals surface area contributed by atoms with E-state index in [1.165, 1.54) is 11.3 Å². The summed E-state index contributed by atoms with van der Waals surface area (Å²) < 4.78 is 0. The van der Waals surface area contributed by atoms with E-state index in [4.69, 9.17) is 0 Å². The number of para-hydroxylation sites is 1. The largest absolute Gasteiger partial charge is 0.368 e. The van der Waals surface area contributed by atoms with Crippen LogP contribution in [0.5, 0.6) is 0 Å². The number of rotatable bonds is 4. The maximum Gasteiger partial charge on any atom is 0.257 e. The van der Waals surface area contributed by atoms with Gasteiger partial charge in [-0.2, -0.15) is 0 Å². The lowest BCUT2D eigenvalue weighted by atomic mass is 10.2. The van der Waals surface area contributed by atoms with E-state index in [-0.39, 0.29) is 5.91 Å². The van der Waals surface area contributed by atoms with Crippen molar-refractivity contribution in [3.8, 4) is 0 Å². The van der Waals surface area contributed by atoms with Gasteiger partial charge in [-0.1, -0.05) is 35.9 Å². The van der Waals surface area contributed by atoms with Gasteiger partial charge in [-0.15, -0.1) is 0 Å². The van der Waals surface area contributed by atoms with E-state index >= 15 is 0 Å². The molecule has 6 heteroatoms. The van der Waals surface area contributed by atoms with Crippen molar-refractivity contribution in [2.75, 3.05) is 36.4 Å². The summed E-state index contributed by atoms with van der Waals surface area (Å²) in [5, 5.41) is 3.15. The number of hydrogen-bond donors (Lipinski definition) is 1. The second kappa shape index (κ2) is 8.08. The van der Waals surface area contributed by atoms with Crippen molar-refractivity contribution in [2.24, 2.45) is 0 Å². The van der Waals surface area contributed by atoms with Crippen LogP contribution in [-0.2, 0) is 0 Å². The van der Waals surface area contributed by atoms with Crippen molar-refractivity contribution >= 4 is 23.2 Å². The van der Waals surface area contributed by atoms with Crippen molar-refractivity contribution in [3.05, 3.63) is 78.1 Å². The van der Waals surface area contributed by atoms with E-state index < -0.39 is 0 Å². The Bertz CT molecular complexity index is 917. The fraction of sp³-hybridized carbons (Fsp3) is 0.227. The zero-order valence-electron chi connectivity index (χ0n) is 15.9. The number of carbonyl (C=O) groups is 1. The summed E-state index contributed by atoms with van der Waals surface area (Å²) in [6, 6.07) is 18.3. The average molecular weight is 373 g/mol. The van der Waals surface area contributed by atoms with Gasteiger partial charge in [0.2, 0.25) is 5.95 Å². The fourth-order valence-electron chi connectivity index (χ4n) is 3.26. The molecular formula is C22H23N5O. The fourth-order valence-corrected chi connectivity index (χ4v) is 3.26. The monoisotopic (exact) mass is 373 g/mol. The molecule has 1 aliphatic rings.